The number of hydrogen-bond donors (Lipinski definition) is 3. The molecule has 19 heavy (non-hydrogen) atoms. The summed E-state index contributed by atoms with van der Waals surface area (Å²) in [5.74, 6) is -1.57. The minimum Gasteiger partial charge on any atom is -0.481 e. The van der Waals surface area contributed by atoms with E-state index in [0.717, 1.165) is 16.6 Å². The van der Waals surface area contributed by atoms with E-state index < -0.39 is 11.9 Å². The van der Waals surface area contributed by atoms with Crippen molar-refractivity contribution in [3.63, 3.8) is 0 Å². The monoisotopic (exact) mass is 328 g/mol. The van der Waals surface area contributed by atoms with Crippen molar-refractivity contribution in [3.8, 4) is 0 Å². The lowest BCUT2D eigenvalue weighted by Gasteiger charge is -2.10. The van der Waals surface area contributed by atoms with Gasteiger partial charge in [-0.15, -0.1) is 0 Å². The molecule has 4 N–H and O–H groups in total. The maximum absolute atomic E-state index is 11.0. The van der Waals surface area contributed by atoms with Gasteiger partial charge in [0.15, 0.2) is 0 Å². The van der Waals surface area contributed by atoms with Crippen LogP contribution in [0.2, 0.25) is 0 Å². The third-order valence-corrected chi connectivity index (χ3v) is 3.46. The zero-order valence-electron chi connectivity index (χ0n) is 10.6. The molecule has 1 atom stereocenters. The van der Waals surface area contributed by atoms with Gasteiger partial charge < -0.3 is 16.2 Å². The molecule has 1 rings (SSSR count). The van der Waals surface area contributed by atoms with Crippen molar-refractivity contribution in [1.82, 2.24) is 0 Å². The normalized spacial score (nSPS) is 11.9. The molecule has 0 spiro atoms. The van der Waals surface area contributed by atoms with Gasteiger partial charge in [-0.1, -0.05) is 6.92 Å². The standard InChI is InChI=1S/C13H17BrN2O3/c1-8(13(18)19)3-2-6-16-11-5-4-9(12(15)17)7-10(11)14/h4-5,7-8,16H,2-3,6H2,1H3,(H2,15,17)(H,18,19). The zero-order chi connectivity index (χ0) is 14.4. The van der Waals surface area contributed by atoms with Gasteiger partial charge in [-0.3, -0.25) is 9.59 Å². The second-order valence-corrected chi connectivity index (χ2v) is 5.22. The lowest BCUT2D eigenvalue weighted by Crippen LogP contribution is -2.12. The molecular formula is C13H17BrN2O3. The molecule has 5 nitrogen and oxygen atoms in total. The molecule has 0 bridgehead atoms. The number of nitrogens with two attached hydrogens (primary N) is 1. The number of carbonyl (C=O) groups is 2. The summed E-state index contributed by atoms with van der Waals surface area (Å²) < 4.78 is 0.759. The average molecular weight is 329 g/mol. The summed E-state index contributed by atoms with van der Waals surface area (Å²) in [6.07, 6.45) is 1.39. The fourth-order valence-electron chi connectivity index (χ4n) is 1.57. The Hall–Kier alpha value is -1.56. The molecule has 0 aromatic heterocycles. The minimum absolute atomic E-state index is 0.331. The van der Waals surface area contributed by atoms with E-state index in [0.29, 0.717) is 18.5 Å². The summed E-state index contributed by atoms with van der Waals surface area (Å²) in [5.41, 5.74) is 6.48. The first kappa shape index (κ1) is 15.5. The molecule has 1 amide bonds. The van der Waals surface area contributed by atoms with Gasteiger partial charge in [0.2, 0.25) is 5.91 Å². The smallest absolute Gasteiger partial charge is 0.306 e. The number of halogens is 1. The highest BCUT2D eigenvalue weighted by atomic mass is 79.9. The van der Waals surface area contributed by atoms with E-state index in [-0.39, 0.29) is 5.92 Å². The van der Waals surface area contributed by atoms with Crippen LogP contribution in [0.15, 0.2) is 22.7 Å². The number of rotatable bonds is 7. The summed E-state index contributed by atoms with van der Waals surface area (Å²) in [6, 6.07) is 5.07. The van der Waals surface area contributed by atoms with Gasteiger partial charge in [-0.25, -0.2) is 0 Å². The molecule has 0 heterocycles. The van der Waals surface area contributed by atoms with Gasteiger partial charge in [0.1, 0.15) is 0 Å². The van der Waals surface area contributed by atoms with Crippen LogP contribution < -0.4 is 11.1 Å². The van der Waals surface area contributed by atoms with Crippen LogP contribution in [-0.2, 0) is 4.79 Å². The Bertz CT molecular complexity index is 477. The van der Waals surface area contributed by atoms with Crippen molar-refractivity contribution in [2.75, 3.05) is 11.9 Å². The SMILES string of the molecule is CC(CCCNc1ccc(C(N)=O)cc1Br)C(=O)O. The maximum atomic E-state index is 11.0. The summed E-state index contributed by atoms with van der Waals surface area (Å²) in [7, 11) is 0. The van der Waals surface area contributed by atoms with E-state index in [1.54, 1.807) is 25.1 Å². The number of amides is 1. The second-order valence-electron chi connectivity index (χ2n) is 4.37. The van der Waals surface area contributed by atoms with Crippen molar-refractivity contribution >= 4 is 33.5 Å². The second kappa shape index (κ2) is 7.13. The third-order valence-electron chi connectivity index (χ3n) is 2.80. The van der Waals surface area contributed by atoms with E-state index in [9.17, 15) is 9.59 Å². The van der Waals surface area contributed by atoms with Crippen molar-refractivity contribution in [2.45, 2.75) is 19.8 Å². The Morgan fingerprint density at radius 2 is 2.16 bits per heavy atom. The van der Waals surface area contributed by atoms with E-state index in [1.807, 2.05) is 0 Å². The van der Waals surface area contributed by atoms with Gasteiger partial charge in [0.25, 0.3) is 0 Å². The Balaban J connectivity index is 2.46. The molecule has 104 valence electrons. The van der Waals surface area contributed by atoms with Crippen LogP contribution in [0, 0.1) is 5.92 Å². The highest BCUT2D eigenvalue weighted by Crippen LogP contribution is 2.23. The van der Waals surface area contributed by atoms with Gasteiger partial charge in [-0.05, 0) is 47.0 Å². The van der Waals surface area contributed by atoms with Crippen molar-refractivity contribution in [3.05, 3.63) is 28.2 Å². The molecule has 0 aliphatic rings. The topological polar surface area (TPSA) is 92.4 Å². The minimum atomic E-state index is -0.771. The van der Waals surface area contributed by atoms with Crippen LogP contribution in [0.1, 0.15) is 30.1 Å². The fourth-order valence-corrected chi connectivity index (χ4v) is 2.09. The van der Waals surface area contributed by atoms with Crippen molar-refractivity contribution < 1.29 is 14.7 Å². The van der Waals surface area contributed by atoms with Gasteiger partial charge in [0, 0.05) is 22.3 Å². The van der Waals surface area contributed by atoms with Crippen LogP contribution in [0.5, 0.6) is 0 Å². The van der Waals surface area contributed by atoms with E-state index in [2.05, 4.69) is 21.2 Å². The summed E-state index contributed by atoms with van der Waals surface area (Å²) >= 11 is 3.36. The number of carbonyl (C=O) groups excluding carboxylic acids is 1. The van der Waals surface area contributed by atoms with Gasteiger partial charge in [-0.2, -0.15) is 0 Å². The summed E-state index contributed by atoms with van der Waals surface area (Å²) in [6.45, 7) is 2.37. The molecular weight excluding hydrogens is 312 g/mol. The van der Waals surface area contributed by atoms with Crippen LogP contribution in [0.3, 0.4) is 0 Å². The number of carboxylic acid groups (broad SMARTS) is 1. The summed E-state index contributed by atoms with van der Waals surface area (Å²) in [5, 5.41) is 11.9. The van der Waals surface area contributed by atoms with E-state index >= 15 is 0 Å². The lowest BCUT2D eigenvalue weighted by molar-refractivity contribution is -0.141. The molecule has 0 radical (unpaired) electrons. The lowest BCUT2D eigenvalue weighted by atomic mass is 10.1. The number of carboxylic acids is 1. The molecule has 1 aromatic carbocycles. The molecule has 0 aliphatic carbocycles. The Labute approximate surface area is 120 Å². The number of primary amides is 1. The fraction of sp³-hybridized carbons (Fsp3) is 0.385. The highest BCUT2D eigenvalue weighted by Gasteiger charge is 2.10. The first-order chi connectivity index (χ1) is 8.91. The van der Waals surface area contributed by atoms with Crippen molar-refractivity contribution in [1.29, 1.82) is 0 Å². The number of anilines is 1. The molecule has 0 aliphatic heterocycles. The Morgan fingerprint density at radius 3 is 2.68 bits per heavy atom. The molecule has 1 aromatic rings. The number of aliphatic carboxylic acids is 1. The van der Waals surface area contributed by atoms with Gasteiger partial charge >= 0.3 is 5.97 Å². The molecule has 1 unspecified atom stereocenters. The van der Waals surface area contributed by atoms with Crippen LogP contribution in [-0.4, -0.2) is 23.5 Å². The highest BCUT2D eigenvalue weighted by molar-refractivity contribution is 9.10. The van der Waals surface area contributed by atoms with Crippen LogP contribution in [0.25, 0.3) is 0 Å². The van der Waals surface area contributed by atoms with E-state index in [1.165, 1.54) is 0 Å². The average Bonchev–Trinajstić information content (AvgIpc) is 2.35. The largest absolute Gasteiger partial charge is 0.481 e. The molecule has 0 fully saturated rings. The quantitative estimate of drug-likeness (QED) is 0.670. The Morgan fingerprint density at radius 1 is 1.47 bits per heavy atom. The van der Waals surface area contributed by atoms with E-state index in [4.69, 9.17) is 10.8 Å². The zero-order valence-corrected chi connectivity index (χ0v) is 12.2. The van der Waals surface area contributed by atoms with Crippen LogP contribution >= 0.6 is 15.9 Å². The van der Waals surface area contributed by atoms with Crippen molar-refractivity contribution in [2.24, 2.45) is 11.7 Å². The Kier molecular flexibility index (Phi) is 5.82. The number of hydrogen-bond acceptors (Lipinski definition) is 3. The first-order valence-electron chi connectivity index (χ1n) is 5.98. The predicted octanol–water partition coefficient (Wildman–Crippen LogP) is 2.46. The third kappa shape index (κ3) is 4.90. The van der Waals surface area contributed by atoms with Gasteiger partial charge in [0.05, 0.1) is 5.92 Å². The number of nitrogens with one attached hydrogen (secondary N) is 1. The maximum Gasteiger partial charge on any atom is 0.306 e. The molecule has 0 saturated carbocycles. The first-order valence-corrected chi connectivity index (χ1v) is 6.77. The number of benzene rings is 1. The summed E-state index contributed by atoms with van der Waals surface area (Å²) in [4.78, 5) is 21.6. The molecule has 6 heteroatoms. The van der Waals surface area contributed by atoms with Crippen LogP contribution in [0.4, 0.5) is 5.69 Å². The molecule has 0 saturated heterocycles. The predicted molar refractivity (Wildman–Crippen MR) is 77.2 cm³/mol.